The Morgan fingerprint density at radius 1 is 1.41 bits per heavy atom. The third-order valence-corrected chi connectivity index (χ3v) is 4.92. The molecule has 1 N–H and O–H groups in total. The molecule has 1 atom stereocenters. The first-order valence-corrected chi connectivity index (χ1v) is 7.95. The van der Waals surface area contributed by atoms with Crippen LogP contribution in [0.2, 0.25) is 4.34 Å². The molecule has 1 aliphatic rings. The van der Waals surface area contributed by atoms with Crippen LogP contribution in [0, 0.1) is 5.92 Å². The summed E-state index contributed by atoms with van der Waals surface area (Å²) in [5.41, 5.74) is 0. The van der Waals surface area contributed by atoms with Crippen LogP contribution < -0.4 is 5.32 Å². The molecule has 3 heteroatoms. The van der Waals surface area contributed by atoms with Crippen LogP contribution in [-0.4, -0.2) is 12.6 Å². The van der Waals surface area contributed by atoms with Gasteiger partial charge in [0.1, 0.15) is 0 Å². The van der Waals surface area contributed by atoms with Crippen molar-refractivity contribution < 1.29 is 0 Å². The van der Waals surface area contributed by atoms with E-state index < -0.39 is 0 Å². The summed E-state index contributed by atoms with van der Waals surface area (Å²) in [6.45, 7) is 3.26. The molecule has 1 nitrogen and oxygen atoms in total. The predicted molar refractivity (Wildman–Crippen MR) is 77.1 cm³/mol. The van der Waals surface area contributed by atoms with E-state index in [0.717, 1.165) is 23.2 Å². The highest BCUT2D eigenvalue weighted by atomic mass is 35.5. The lowest BCUT2D eigenvalue weighted by atomic mass is 9.96. The number of likely N-dealkylation sites (N-methyl/N-ethyl adjacent to an activating group) is 1. The summed E-state index contributed by atoms with van der Waals surface area (Å²) in [6, 6.07) is 4.82. The van der Waals surface area contributed by atoms with Crippen molar-refractivity contribution in [2.45, 2.75) is 51.5 Å². The van der Waals surface area contributed by atoms with Crippen LogP contribution in [0.25, 0.3) is 0 Å². The largest absolute Gasteiger partial charge is 0.314 e. The molecule has 0 radical (unpaired) electrons. The van der Waals surface area contributed by atoms with E-state index in [1.54, 1.807) is 11.3 Å². The van der Waals surface area contributed by atoms with Crippen molar-refractivity contribution in [2.75, 3.05) is 6.54 Å². The molecule has 2 rings (SSSR count). The fraction of sp³-hybridized carbons (Fsp3) is 0.714. The molecule has 1 heterocycles. The van der Waals surface area contributed by atoms with Crippen molar-refractivity contribution in [3.63, 3.8) is 0 Å². The first kappa shape index (κ1) is 13.4. The summed E-state index contributed by atoms with van der Waals surface area (Å²) < 4.78 is 0.913. The fourth-order valence-electron chi connectivity index (χ4n) is 2.88. The van der Waals surface area contributed by atoms with Gasteiger partial charge >= 0.3 is 0 Å². The molecule has 0 spiro atoms. The van der Waals surface area contributed by atoms with Crippen molar-refractivity contribution in [3.05, 3.63) is 21.3 Å². The minimum atomic E-state index is 0.637. The van der Waals surface area contributed by atoms with Gasteiger partial charge in [0, 0.05) is 10.9 Å². The Kier molecular flexibility index (Phi) is 5.33. The standard InChI is InChI=1S/C14H22ClNS/c1-2-16-12(9-11-5-3-4-6-11)10-13-7-8-14(15)17-13/h7-8,11-12,16H,2-6,9-10H2,1H3. The minimum absolute atomic E-state index is 0.637. The zero-order valence-corrected chi connectivity index (χ0v) is 12.1. The van der Waals surface area contributed by atoms with Gasteiger partial charge in [0.25, 0.3) is 0 Å². The van der Waals surface area contributed by atoms with Gasteiger partial charge in [-0.2, -0.15) is 0 Å². The highest BCUT2D eigenvalue weighted by Crippen LogP contribution is 2.30. The van der Waals surface area contributed by atoms with E-state index in [2.05, 4.69) is 18.3 Å². The molecule has 1 aromatic rings. The number of hydrogen-bond acceptors (Lipinski definition) is 2. The van der Waals surface area contributed by atoms with Gasteiger partial charge in [0.15, 0.2) is 0 Å². The Balaban J connectivity index is 1.87. The lowest BCUT2D eigenvalue weighted by Crippen LogP contribution is -2.32. The predicted octanol–water partition coefficient (Wildman–Crippen LogP) is 4.50. The van der Waals surface area contributed by atoms with Crippen LogP contribution >= 0.6 is 22.9 Å². The Labute approximate surface area is 114 Å². The Morgan fingerprint density at radius 3 is 2.76 bits per heavy atom. The van der Waals surface area contributed by atoms with Crippen LogP contribution in [-0.2, 0) is 6.42 Å². The van der Waals surface area contributed by atoms with Crippen LogP contribution in [0.4, 0.5) is 0 Å². The molecule has 1 fully saturated rings. The lowest BCUT2D eigenvalue weighted by molar-refractivity contribution is 0.391. The van der Waals surface area contributed by atoms with E-state index in [1.165, 1.54) is 37.0 Å². The van der Waals surface area contributed by atoms with Gasteiger partial charge in [0.05, 0.1) is 4.34 Å². The molecule has 0 aromatic carbocycles. The van der Waals surface area contributed by atoms with E-state index in [1.807, 2.05) is 6.07 Å². The summed E-state index contributed by atoms with van der Waals surface area (Å²) in [5, 5.41) is 3.63. The van der Waals surface area contributed by atoms with Crippen molar-refractivity contribution in [2.24, 2.45) is 5.92 Å². The second-order valence-corrected chi connectivity index (χ2v) is 6.85. The van der Waals surface area contributed by atoms with E-state index in [0.29, 0.717) is 6.04 Å². The molecule has 0 aliphatic heterocycles. The van der Waals surface area contributed by atoms with Crippen LogP contribution in [0.15, 0.2) is 12.1 Å². The lowest BCUT2D eigenvalue weighted by Gasteiger charge is -2.20. The molecular formula is C14H22ClNS. The van der Waals surface area contributed by atoms with E-state index in [9.17, 15) is 0 Å². The maximum Gasteiger partial charge on any atom is 0.0931 e. The first-order valence-electron chi connectivity index (χ1n) is 6.75. The van der Waals surface area contributed by atoms with Gasteiger partial charge in [-0.3, -0.25) is 0 Å². The molecule has 1 aliphatic carbocycles. The van der Waals surface area contributed by atoms with Crippen molar-refractivity contribution >= 4 is 22.9 Å². The summed E-state index contributed by atoms with van der Waals surface area (Å²) >= 11 is 7.71. The van der Waals surface area contributed by atoms with E-state index in [4.69, 9.17) is 11.6 Å². The SMILES string of the molecule is CCNC(Cc1ccc(Cl)s1)CC1CCCC1. The Bertz CT molecular complexity index is 331. The second kappa shape index (κ2) is 6.77. The third-order valence-electron chi connectivity index (χ3n) is 3.66. The zero-order chi connectivity index (χ0) is 12.1. The van der Waals surface area contributed by atoms with Crippen molar-refractivity contribution in [1.29, 1.82) is 0 Å². The number of halogens is 1. The molecule has 1 saturated carbocycles. The average Bonchev–Trinajstić information content (AvgIpc) is 2.91. The van der Waals surface area contributed by atoms with Gasteiger partial charge < -0.3 is 5.32 Å². The minimum Gasteiger partial charge on any atom is -0.314 e. The topological polar surface area (TPSA) is 12.0 Å². The molecule has 17 heavy (non-hydrogen) atoms. The summed E-state index contributed by atoms with van der Waals surface area (Å²) in [6.07, 6.45) is 8.23. The van der Waals surface area contributed by atoms with Gasteiger partial charge in [0.2, 0.25) is 0 Å². The normalized spacial score (nSPS) is 18.7. The van der Waals surface area contributed by atoms with Crippen LogP contribution in [0.1, 0.15) is 43.9 Å². The summed E-state index contributed by atoms with van der Waals surface area (Å²) in [5.74, 6) is 0.953. The quantitative estimate of drug-likeness (QED) is 0.803. The fourth-order valence-corrected chi connectivity index (χ4v) is 4.05. The maximum absolute atomic E-state index is 5.99. The molecule has 0 amide bonds. The average molecular weight is 272 g/mol. The number of rotatable bonds is 6. The van der Waals surface area contributed by atoms with Crippen LogP contribution in [0.5, 0.6) is 0 Å². The van der Waals surface area contributed by atoms with Crippen LogP contribution in [0.3, 0.4) is 0 Å². The zero-order valence-electron chi connectivity index (χ0n) is 10.5. The van der Waals surface area contributed by atoms with Gasteiger partial charge in [-0.25, -0.2) is 0 Å². The summed E-state index contributed by atoms with van der Waals surface area (Å²) in [4.78, 5) is 1.42. The second-order valence-electron chi connectivity index (χ2n) is 5.05. The van der Waals surface area contributed by atoms with Gasteiger partial charge in [-0.15, -0.1) is 11.3 Å². The van der Waals surface area contributed by atoms with E-state index in [-0.39, 0.29) is 0 Å². The smallest absolute Gasteiger partial charge is 0.0931 e. The van der Waals surface area contributed by atoms with E-state index >= 15 is 0 Å². The van der Waals surface area contributed by atoms with Gasteiger partial charge in [-0.05, 0) is 37.4 Å². The molecule has 1 aromatic heterocycles. The third kappa shape index (κ3) is 4.27. The number of hydrogen-bond donors (Lipinski definition) is 1. The number of nitrogens with one attached hydrogen (secondary N) is 1. The van der Waals surface area contributed by atoms with Crippen molar-refractivity contribution in [1.82, 2.24) is 5.32 Å². The number of thiophene rings is 1. The Morgan fingerprint density at radius 2 is 2.18 bits per heavy atom. The highest BCUT2D eigenvalue weighted by molar-refractivity contribution is 7.16. The molecular weight excluding hydrogens is 250 g/mol. The first-order chi connectivity index (χ1) is 8.28. The molecule has 0 bridgehead atoms. The molecule has 96 valence electrons. The molecule has 1 unspecified atom stereocenters. The monoisotopic (exact) mass is 271 g/mol. The molecule has 0 saturated heterocycles. The Hall–Kier alpha value is -0.0500. The van der Waals surface area contributed by atoms with Crippen molar-refractivity contribution in [3.8, 4) is 0 Å². The highest BCUT2D eigenvalue weighted by Gasteiger charge is 2.20. The summed E-state index contributed by atoms with van der Waals surface area (Å²) in [7, 11) is 0. The maximum atomic E-state index is 5.99. The van der Waals surface area contributed by atoms with Gasteiger partial charge in [-0.1, -0.05) is 44.2 Å².